The van der Waals surface area contributed by atoms with Gasteiger partial charge in [-0.3, -0.25) is 4.21 Å². The second-order valence-electron chi connectivity index (χ2n) is 3.87. The maximum absolute atomic E-state index is 12.2. The van der Waals surface area contributed by atoms with Crippen LogP contribution in [0.1, 0.15) is 11.1 Å². The summed E-state index contributed by atoms with van der Waals surface area (Å²) in [5.74, 6) is 0.339. The molecular formula is C14H9Cl2NOS. The molecule has 0 heterocycles. The topological polar surface area (TPSA) is 40.9 Å². The zero-order valence-corrected chi connectivity index (χ0v) is 12.1. The van der Waals surface area contributed by atoms with E-state index in [0.29, 0.717) is 26.3 Å². The molecule has 0 radical (unpaired) electrons. The lowest BCUT2D eigenvalue weighted by molar-refractivity contribution is 0.682. The number of benzene rings is 2. The molecule has 0 aromatic heterocycles. The van der Waals surface area contributed by atoms with Crippen molar-refractivity contribution in [3.8, 4) is 6.07 Å². The van der Waals surface area contributed by atoms with Gasteiger partial charge >= 0.3 is 0 Å². The summed E-state index contributed by atoms with van der Waals surface area (Å²) in [4.78, 5) is 0.526. The van der Waals surface area contributed by atoms with E-state index in [-0.39, 0.29) is 0 Å². The number of hydrogen-bond acceptors (Lipinski definition) is 2. The molecule has 5 heteroatoms. The molecule has 0 amide bonds. The molecule has 0 fully saturated rings. The number of hydrogen-bond donors (Lipinski definition) is 0. The summed E-state index contributed by atoms with van der Waals surface area (Å²) in [6, 6.07) is 13.9. The van der Waals surface area contributed by atoms with Crippen molar-refractivity contribution < 1.29 is 4.21 Å². The van der Waals surface area contributed by atoms with Crippen molar-refractivity contribution >= 4 is 34.0 Å². The third-order valence-electron chi connectivity index (χ3n) is 2.52. The van der Waals surface area contributed by atoms with E-state index in [1.54, 1.807) is 42.5 Å². The fourth-order valence-electron chi connectivity index (χ4n) is 1.56. The van der Waals surface area contributed by atoms with Gasteiger partial charge in [-0.1, -0.05) is 35.3 Å². The highest BCUT2D eigenvalue weighted by Crippen LogP contribution is 2.25. The molecular weight excluding hydrogens is 301 g/mol. The summed E-state index contributed by atoms with van der Waals surface area (Å²) < 4.78 is 12.2. The van der Waals surface area contributed by atoms with Gasteiger partial charge in [-0.2, -0.15) is 5.26 Å². The Morgan fingerprint density at radius 2 is 1.79 bits per heavy atom. The molecule has 2 aromatic rings. The highest BCUT2D eigenvalue weighted by Gasteiger charge is 2.10. The predicted octanol–water partition coefficient (Wildman–Crippen LogP) is 4.17. The lowest BCUT2D eigenvalue weighted by Crippen LogP contribution is -1.97. The first-order valence-corrected chi connectivity index (χ1v) is 7.50. The molecule has 96 valence electrons. The van der Waals surface area contributed by atoms with Crippen LogP contribution in [0.15, 0.2) is 47.4 Å². The first kappa shape index (κ1) is 14.1. The zero-order chi connectivity index (χ0) is 13.8. The molecule has 0 aliphatic rings. The van der Waals surface area contributed by atoms with Crippen LogP contribution in [0.3, 0.4) is 0 Å². The normalized spacial score (nSPS) is 11.8. The van der Waals surface area contributed by atoms with Crippen LogP contribution >= 0.6 is 23.2 Å². The van der Waals surface area contributed by atoms with Crippen LogP contribution in [0.4, 0.5) is 0 Å². The van der Waals surface area contributed by atoms with E-state index in [4.69, 9.17) is 28.5 Å². The van der Waals surface area contributed by atoms with Crippen LogP contribution in [0.5, 0.6) is 0 Å². The van der Waals surface area contributed by atoms with E-state index in [9.17, 15) is 4.21 Å². The van der Waals surface area contributed by atoms with Gasteiger partial charge < -0.3 is 0 Å². The first-order valence-electron chi connectivity index (χ1n) is 5.42. The van der Waals surface area contributed by atoms with Crippen molar-refractivity contribution in [2.24, 2.45) is 0 Å². The maximum atomic E-state index is 12.2. The number of nitrogens with zero attached hydrogens (tertiary/aromatic N) is 1. The molecule has 2 aromatic carbocycles. The summed E-state index contributed by atoms with van der Waals surface area (Å²) in [5.41, 5.74) is 1.46. The first-order chi connectivity index (χ1) is 9.10. The van der Waals surface area contributed by atoms with E-state index in [1.165, 1.54) is 0 Å². The highest BCUT2D eigenvalue weighted by atomic mass is 35.5. The Hall–Kier alpha value is -1.34. The second kappa shape index (κ2) is 6.21. The Balaban J connectivity index is 2.21. The minimum atomic E-state index is -1.26. The van der Waals surface area contributed by atoms with Gasteiger partial charge in [0.25, 0.3) is 0 Å². The molecule has 2 rings (SSSR count). The van der Waals surface area contributed by atoms with Crippen LogP contribution in [0.2, 0.25) is 10.0 Å². The van der Waals surface area contributed by atoms with Gasteiger partial charge in [0.1, 0.15) is 0 Å². The molecule has 0 bridgehead atoms. The van der Waals surface area contributed by atoms with Gasteiger partial charge in [-0.25, -0.2) is 0 Å². The van der Waals surface area contributed by atoms with Crippen molar-refractivity contribution in [3.05, 3.63) is 63.6 Å². The minimum Gasteiger partial charge on any atom is -0.254 e. The lowest BCUT2D eigenvalue weighted by atomic mass is 10.2. The largest absolute Gasteiger partial charge is 0.254 e. The fraction of sp³-hybridized carbons (Fsp3) is 0.0714. The minimum absolute atomic E-state index is 0.339. The van der Waals surface area contributed by atoms with Crippen molar-refractivity contribution in [2.75, 3.05) is 0 Å². The van der Waals surface area contributed by atoms with E-state index < -0.39 is 10.8 Å². The van der Waals surface area contributed by atoms with E-state index in [2.05, 4.69) is 0 Å². The van der Waals surface area contributed by atoms with Crippen molar-refractivity contribution in [2.45, 2.75) is 10.6 Å². The monoisotopic (exact) mass is 309 g/mol. The van der Waals surface area contributed by atoms with Crippen molar-refractivity contribution in [3.63, 3.8) is 0 Å². The smallest absolute Gasteiger partial charge is 0.0991 e. The Morgan fingerprint density at radius 1 is 1.11 bits per heavy atom. The van der Waals surface area contributed by atoms with E-state index in [1.807, 2.05) is 6.07 Å². The Kier molecular flexibility index (Phi) is 4.60. The maximum Gasteiger partial charge on any atom is 0.0991 e. The van der Waals surface area contributed by atoms with Gasteiger partial charge in [0.05, 0.1) is 38.1 Å². The molecule has 0 aliphatic heterocycles. The lowest BCUT2D eigenvalue weighted by Gasteiger charge is -2.05. The number of nitriles is 1. The third-order valence-corrected chi connectivity index (χ3v) is 4.62. The van der Waals surface area contributed by atoms with Gasteiger partial charge in [0, 0.05) is 5.02 Å². The van der Waals surface area contributed by atoms with E-state index >= 15 is 0 Å². The molecule has 0 aliphatic carbocycles. The molecule has 2 nitrogen and oxygen atoms in total. The van der Waals surface area contributed by atoms with Gasteiger partial charge in [-0.05, 0) is 35.9 Å². The molecule has 1 unspecified atom stereocenters. The molecule has 19 heavy (non-hydrogen) atoms. The summed E-state index contributed by atoms with van der Waals surface area (Å²) in [7, 11) is -1.26. The molecule has 0 saturated heterocycles. The summed E-state index contributed by atoms with van der Waals surface area (Å²) in [6.45, 7) is 0. The van der Waals surface area contributed by atoms with Crippen LogP contribution in [0, 0.1) is 11.3 Å². The number of rotatable bonds is 3. The summed E-state index contributed by atoms with van der Waals surface area (Å²) in [5, 5.41) is 9.66. The second-order valence-corrected chi connectivity index (χ2v) is 6.14. The average Bonchev–Trinajstić information content (AvgIpc) is 2.42. The molecule has 0 saturated carbocycles. The van der Waals surface area contributed by atoms with Crippen molar-refractivity contribution in [1.29, 1.82) is 5.26 Å². The van der Waals surface area contributed by atoms with Crippen LogP contribution < -0.4 is 0 Å². The zero-order valence-electron chi connectivity index (χ0n) is 9.77. The van der Waals surface area contributed by atoms with Crippen LogP contribution in [0.25, 0.3) is 0 Å². The molecule has 0 N–H and O–H groups in total. The average molecular weight is 310 g/mol. The van der Waals surface area contributed by atoms with Gasteiger partial charge in [0.15, 0.2) is 0 Å². The molecule has 1 atom stereocenters. The predicted molar refractivity (Wildman–Crippen MR) is 77.7 cm³/mol. The Labute approximate surface area is 124 Å². The highest BCUT2D eigenvalue weighted by molar-refractivity contribution is 7.84. The van der Waals surface area contributed by atoms with Crippen LogP contribution in [-0.4, -0.2) is 4.21 Å². The third kappa shape index (κ3) is 3.57. The van der Waals surface area contributed by atoms with E-state index in [0.717, 1.165) is 5.56 Å². The molecule has 0 spiro atoms. The fourth-order valence-corrected chi connectivity index (χ4v) is 3.36. The summed E-state index contributed by atoms with van der Waals surface area (Å²) in [6.07, 6.45) is 0. The Morgan fingerprint density at radius 3 is 2.42 bits per heavy atom. The van der Waals surface area contributed by atoms with Crippen molar-refractivity contribution in [1.82, 2.24) is 0 Å². The van der Waals surface area contributed by atoms with Gasteiger partial charge in [-0.15, -0.1) is 0 Å². The van der Waals surface area contributed by atoms with Gasteiger partial charge in [0.2, 0.25) is 0 Å². The number of halogens is 2. The van der Waals surface area contributed by atoms with Crippen LogP contribution in [-0.2, 0) is 16.6 Å². The quantitative estimate of drug-likeness (QED) is 0.853. The summed E-state index contributed by atoms with van der Waals surface area (Å²) >= 11 is 11.9. The standard InChI is InChI=1S/C14H9Cl2NOS/c15-12-5-6-13(16)14(7-12)19(18)9-11-3-1-10(8-17)2-4-11/h1-7H,9H2. The SMILES string of the molecule is N#Cc1ccc(CS(=O)c2cc(Cl)ccc2Cl)cc1. The Bertz CT molecular complexity index is 662.